The smallest absolute Gasteiger partial charge is 0.331 e. The highest BCUT2D eigenvalue weighted by molar-refractivity contribution is 6.05. The fourth-order valence-corrected chi connectivity index (χ4v) is 9.91. The number of urea groups is 1. The average Bonchev–Trinajstić information content (AvgIpc) is 3.58. The van der Waals surface area contributed by atoms with Crippen molar-refractivity contribution in [3.63, 3.8) is 0 Å². The molecule has 0 bridgehead atoms. The first-order valence-electron chi connectivity index (χ1n) is 20.8. The molecule has 10 rings (SSSR count). The Bertz CT molecular complexity index is 2650. The van der Waals surface area contributed by atoms with Gasteiger partial charge in [-0.3, -0.25) is 19.4 Å². The van der Waals surface area contributed by atoms with Crippen molar-refractivity contribution >= 4 is 40.3 Å². The summed E-state index contributed by atoms with van der Waals surface area (Å²) >= 11 is 0. The Labute approximate surface area is 345 Å². The number of halogens is 1. The summed E-state index contributed by atoms with van der Waals surface area (Å²) in [4.78, 5) is 64.0. The standard InChI is InChI=1S/C45H47FN8O6/c1-25-20-33(21-26(2)37(25)46)53-39(55)34-12-15-50(28(4)38(34)47-42(53)52-17-16-51(44(52)58)32-8-6-5-7-9-32)40(56)36-23-31-22-30(29-13-18-59-19-14-29)10-11-35(31)54(36)45(24-27(45)3)41-48-43(57)60-49-41/h5-11,20-23,27-29,43,57H,12-19,24H2,1-4H3,(H,48,49)/t27-,28-,43?,45+/m0/s1. The van der Waals surface area contributed by atoms with Crippen molar-refractivity contribution in [1.82, 2.24) is 24.5 Å². The number of aliphatic hydroxyl groups is 1. The number of nitrogens with one attached hydrogen (secondary N) is 1. The predicted molar refractivity (Wildman–Crippen MR) is 223 cm³/mol. The van der Waals surface area contributed by atoms with E-state index in [-0.39, 0.29) is 54.7 Å². The van der Waals surface area contributed by atoms with Gasteiger partial charge in [-0.2, -0.15) is 0 Å². The number of anilines is 2. The highest BCUT2D eigenvalue weighted by atomic mass is 19.1. The SMILES string of the molecule is Cc1cc(-n2c(N3CCN(c4ccccc4)C3=O)nc3c(c2=O)CCN(C(=O)c2cc4cc(C5CCOCC5)ccc4n2[C@]2(C4=NC(O)ON4)C[C@@H]2C)[C@H]3C)cc(C)c1F. The molecule has 5 aromatic rings. The largest absolute Gasteiger partial charge is 0.381 e. The molecule has 4 atom stereocenters. The summed E-state index contributed by atoms with van der Waals surface area (Å²) in [7, 11) is 0. The monoisotopic (exact) mass is 814 g/mol. The number of aliphatic hydroxyl groups excluding tert-OH is 1. The predicted octanol–water partition coefficient (Wildman–Crippen LogP) is 5.99. The van der Waals surface area contributed by atoms with Crippen LogP contribution in [0, 0.1) is 25.6 Å². The highest BCUT2D eigenvalue weighted by Gasteiger charge is 2.60. The molecule has 14 nitrogen and oxygen atoms in total. The van der Waals surface area contributed by atoms with Crippen LogP contribution in [0.5, 0.6) is 0 Å². The van der Waals surface area contributed by atoms with Crippen LogP contribution in [0.3, 0.4) is 0 Å². The van der Waals surface area contributed by atoms with E-state index in [0.29, 0.717) is 77.4 Å². The van der Waals surface area contributed by atoms with Gasteiger partial charge in [0.2, 0.25) is 5.95 Å². The highest BCUT2D eigenvalue weighted by Crippen LogP contribution is 2.54. The van der Waals surface area contributed by atoms with Crippen LogP contribution in [0.15, 0.2) is 76.5 Å². The third-order valence-electron chi connectivity index (χ3n) is 13.2. The van der Waals surface area contributed by atoms with Crippen LogP contribution in [0.25, 0.3) is 16.6 Å². The lowest BCUT2D eigenvalue weighted by molar-refractivity contribution is -0.103. The molecule has 2 N–H and O–H groups in total. The van der Waals surface area contributed by atoms with E-state index >= 15 is 4.79 Å². The molecule has 15 heteroatoms. The molecule has 5 aliphatic rings. The minimum Gasteiger partial charge on any atom is -0.381 e. The number of aryl methyl sites for hydroxylation is 2. The zero-order chi connectivity index (χ0) is 41.6. The van der Waals surface area contributed by atoms with E-state index in [0.717, 1.165) is 23.7 Å². The molecule has 3 fully saturated rings. The van der Waals surface area contributed by atoms with Crippen LogP contribution in [0.2, 0.25) is 0 Å². The van der Waals surface area contributed by atoms with Gasteiger partial charge in [0, 0.05) is 55.0 Å². The normalized spacial score (nSPS) is 24.2. The molecule has 0 radical (unpaired) electrons. The number of benzene rings is 3. The van der Waals surface area contributed by atoms with Gasteiger partial charge in [0.15, 0.2) is 5.84 Å². The van der Waals surface area contributed by atoms with Gasteiger partial charge in [0.25, 0.3) is 17.9 Å². The second kappa shape index (κ2) is 14.4. The van der Waals surface area contributed by atoms with Crippen LogP contribution in [0.4, 0.5) is 20.8 Å². The van der Waals surface area contributed by atoms with E-state index in [9.17, 15) is 19.1 Å². The van der Waals surface area contributed by atoms with Gasteiger partial charge < -0.3 is 19.3 Å². The molecule has 4 aliphatic heterocycles. The second-order valence-electron chi connectivity index (χ2n) is 16.8. The number of hydroxylamine groups is 1. The first-order valence-corrected chi connectivity index (χ1v) is 20.8. The van der Waals surface area contributed by atoms with E-state index in [2.05, 4.69) is 40.2 Å². The molecule has 310 valence electrons. The van der Waals surface area contributed by atoms with Crippen molar-refractivity contribution in [3.05, 3.63) is 117 Å². The fourth-order valence-electron chi connectivity index (χ4n) is 9.91. The van der Waals surface area contributed by atoms with Crippen LogP contribution >= 0.6 is 0 Å². The number of nitrogens with zero attached hydrogens (tertiary/aromatic N) is 7. The molecular formula is C45H47FN8O6. The molecule has 3 amide bonds. The first kappa shape index (κ1) is 38.3. The number of ether oxygens (including phenoxy) is 1. The molecule has 60 heavy (non-hydrogen) atoms. The number of amides is 3. The summed E-state index contributed by atoms with van der Waals surface area (Å²) in [5, 5.41) is 11.2. The summed E-state index contributed by atoms with van der Waals surface area (Å²) < 4.78 is 24.1. The number of amidine groups is 1. The van der Waals surface area contributed by atoms with Crippen LogP contribution in [-0.4, -0.2) is 81.2 Å². The Morgan fingerprint density at radius 2 is 1.65 bits per heavy atom. The molecule has 3 aromatic carbocycles. The number of fused-ring (bicyclic) bond motifs is 2. The number of carbonyl (C=O) groups is 2. The Morgan fingerprint density at radius 3 is 2.33 bits per heavy atom. The lowest BCUT2D eigenvalue weighted by atomic mass is 9.91. The summed E-state index contributed by atoms with van der Waals surface area (Å²) in [6.45, 7) is 9.50. The van der Waals surface area contributed by atoms with Crippen molar-refractivity contribution < 1.29 is 28.7 Å². The van der Waals surface area contributed by atoms with E-state index in [4.69, 9.17) is 14.6 Å². The maximum Gasteiger partial charge on any atom is 0.331 e. The minimum absolute atomic E-state index is 0.0596. The van der Waals surface area contributed by atoms with E-state index in [1.807, 2.05) is 43.3 Å². The summed E-state index contributed by atoms with van der Waals surface area (Å²) in [6, 6.07) is 19.8. The van der Waals surface area contributed by atoms with E-state index in [1.54, 1.807) is 35.8 Å². The quantitative estimate of drug-likeness (QED) is 0.204. The molecular weight excluding hydrogens is 768 g/mol. The number of carbonyl (C=O) groups excluding carboxylic acids is 2. The van der Waals surface area contributed by atoms with Crippen LogP contribution < -0.4 is 20.8 Å². The zero-order valence-corrected chi connectivity index (χ0v) is 34.0. The summed E-state index contributed by atoms with van der Waals surface area (Å²) in [5.41, 5.74) is 6.90. The van der Waals surface area contributed by atoms with Gasteiger partial charge in [-0.05, 0) is 117 Å². The average molecular weight is 815 g/mol. The van der Waals surface area contributed by atoms with Crippen LogP contribution in [0.1, 0.15) is 83.5 Å². The maximum atomic E-state index is 15.3. The van der Waals surface area contributed by atoms with Gasteiger partial charge in [-0.25, -0.2) is 34.0 Å². The summed E-state index contributed by atoms with van der Waals surface area (Å²) in [5.74, 6) is 0.353. The van der Waals surface area contributed by atoms with E-state index in [1.165, 1.54) is 15.0 Å². The molecule has 1 saturated carbocycles. The van der Waals surface area contributed by atoms with Crippen molar-refractivity contribution in [1.29, 1.82) is 0 Å². The van der Waals surface area contributed by atoms with E-state index < -0.39 is 18.0 Å². The third kappa shape index (κ3) is 5.96. The number of para-hydroxylation sites is 1. The first-order chi connectivity index (χ1) is 29.0. The van der Waals surface area contributed by atoms with Gasteiger partial charge in [0.05, 0.1) is 17.4 Å². The number of hydrogen-bond acceptors (Lipinski definition) is 9. The topological polar surface area (TPSA) is 147 Å². The lowest BCUT2D eigenvalue weighted by Crippen LogP contribution is -2.46. The third-order valence-corrected chi connectivity index (χ3v) is 13.2. The Hall–Kier alpha value is -5.90. The molecule has 2 aromatic heterocycles. The Kier molecular flexibility index (Phi) is 9.18. The molecule has 6 heterocycles. The summed E-state index contributed by atoms with van der Waals surface area (Å²) in [6.07, 6.45) is 1.35. The second-order valence-corrected chi connectivity index (χ2v) is 16.8. The van der Waals surface area contributed by atoms with Crippen molar-refractivity contribution in [3.8, 4) is 5.69 Å². The Balaban J connectivity index is 1.08. The van der Waals surface area contributed by atoms with Crippen LogP contribution in [-0.2, 0) is 21.5 Å². The van der Waals surface area contributed by atoms with Crippen molar-refractivity contribution in [2.75, 3.05) is 42.6 Å². The fraction of sp³-hybridized carbons (Fsp3) is 0.400. The minimum atomic E-state index is -1.36. The number of aliphatic imine (C=N–C) groups is 1. The van der Waals surface area contributed by atoms with Crippen molar-refractivity contribution in [2.45, 2.75) is 77.3 Å². The van der Waals surface area contributed by atoms with Gasteiger partial charge in [-0.15, -0.1) is 0 Å². The maximum absolute atomic E-state index is 15.3. The molecule has 2 saturated heterocycles. The number of rotatable bonds is 7. The van der Waals surface area contributed by atoms with Gasteiger partial charge in [0.1, 0.15) is 17.1 Å². The van der Waals surface area contributed by atoms with Gasteiger partial charge >= 0.3 is 6.03 Å². The molecule has 0 spiro atoms. The molecule has 1 aliphatic carbocycles. The lowest BCUT2D eigenvalue weighted by Gasteiger charge is -2.36. The number of hydrogen-bond donors (Lipinski definition) is 2. The number of aromatic nitrogens is 3. The Morgan fingerprint density at radius 1 is 0.933 bits per heavy atom. The zero-order valence-electron chi connectivity index (χ0n) is 34.0. The van der Waals surface area contributed by atoms with Crippen molar-refractivity contribution in [2.24, 2.45) is 10.9 Å². The molecule has 1 unspecified atom stereocenters. The van der Waals surface area contributed by atoms with Gasteiger partial charge in [-0.1, -0.05) is 31.2 Å².